The lowest BCUT2D eigenvalue weighted by Crippen LogP contribution is -2.62. The molecular weight excluding hydrogens is 818 g/mol. The predicted octanol–water partition coefficient (Wildman–Crippen LogP) is 6.13. The van der Waals surface area contributed by atoms with Gasteiger partial charge in [0, 0.05) is 60.9 Å². The number of carbonyl (C=O) groups excluding carboxylic acids is 5. The molecule has 17 heteroatoms. The van der Waals surface area contributed by atoms with Gasteiger partial charge in [-0.05, 0) is 60.2 Å². The quantitative estimate of drug-likeness (QED) is 0.126. The molecule has 6 atom stereocenters. The first-order valence-electron chi connectivity index (χ1n) is 18.9. The lowest BCUT2D eigenvalue weighted by Gasteiger charge is -2.44. The molecule has 61 heavy (non-hydrogen) atoms. The van der Waals surface area contributed by atoms with Crippen LogP contribution < -0.4 is 4.74 Å². The van der Waals surface area contributed by atoms with Crippen LogP contribution in [0.15, 0.2) is 78.9 Å². The van der Waals surface area contributed by atoms with Gasteiger partial charge in [-0.25, -0.2) is 9.78 Å². The maximum Gasteiger partial charge on any atom is 0.340 e. The van der Waals surface area contributed by atoms with Gasteiger partial charge in [-0.1, -0.05) is 29.8 Å². The number of carbonyl (C=O) groups is 5. The van der Waals surface area contributed by atoms with Crippen molar-refractivity contribution >= 4 is 52.4 Å². The van der Waals surface area contributed by atoms with Gasteiger partial charge in [0.1, 0.15) is 35.7 Å². The Morgan fingerprint density at radius 2 is 1.49 bits per heavy atom. The number of phenols is 2. The maximum absolute atomic E-state index is 13.5. The highest BCUT2D eigenvalue weighted by atomic mass is 35.5. The Morgan fingerprint density at radius 1 is 0.787 bits per heavy atom. The predicted molar refractivity (Wildman–Crippen MR) is 211 cm³/mol. The number of rotatable bonds is 9. The summed E-state index contributed by atoms with van der Waals surface area (Å²) in [5.74, 6) is -3.83. The third-order valence-electron chi connectivity index (χ3n) is 10.3. The first-order valence-corrected chi connectivity index (χ1v) is 19.2. The third kappa shape index (κ3) is 7.53. The van der Waals surface area contributed by atoms with Gasteiger partial charge in [0.25, 0.3) is 0 Å². The van der Waals surface area contributed by atoms with Crippen molar-refractivity contribution in [2.45, 2.75) is 70.6 Å². The fourth-order valence-electron chi connectivity index (χ4n) is 7.97. The summed E-state index contributed by atoms with van der Waals surface area (Å²) in [6.07, 6.45) is -7.15. The molecule has 1 aromatic heterocycles. The Kier molecular flexibility index (Phi) is 10.8. The summed E-state index contributed by atoms with van der Waals surface area (Å²) in [5.41, 5.74) is 1.17. The zero-order valence-corrected chi connectivity index (χ0v) is 33.6. The van der Waals surface area contributed by atoms with Crippen molar-refractivity contribution in [1.82, 2.24) is 4.98 Å². The van der Waals surface area contributed by atoms with E-state index in [4.69, 9.17) is 54.5 Å². The van der Waals surface area contributed by atoms with Crippen molar-refractivity contribution in [1.29, 1.82) is 0 Å². The number of pyridine rings is 1. The standard InChI is InChI=1S/C44H36ClNO15/c1-20(47)54-19-36-39(56-21(2)48)40(57-22(3)49)41(58-23(4)50)43(60-36)55-18-24-15-33(46-32-13-9-25(45)16-28(24)32)37-34(52)14-12-31-38(37)59-35-17-26(51)10-11-30(35)44(31)29-8-6-5-7-27(29)42(53)61-44/h5-17,36,39-41,43,51-52H,18-19H2,1-4H3/t36-,39-,40+,41-,43-,44?/m1/s1. The Labute approximate surface area is 351 Å². The van der Waals surface area contributed by atoms with Gasteiger partial charge >= 0.3 is 29.8 Å². The second kappa shape index (κ2) is 16.0. The molecule has 4 heterocycles. The van der Waals surface area contributed by atoms with Gasteiger partial charge in [0.05, 0.1) is 28.9 Å². The number of aromatic nitrogens is 1. The summed E-state index contributed by atoms with van der Waals surface area (Å²) in [5, 5.41) is 23.1. The van der Waals surface area contributed by atoms with Crippen LogP contribution in [0.2, 0.25) is 5.02 Å². The van der Waals surface area contributed by atoms with Crippen LogP contribution in [0.25, 0.3) is 22.2 Å². The minimum absolute atomic E-state index is 0.0786. The molecular formula is C44H36ClNO15. The summed E-state index contributed by atoms with van der Waals surface area (Å²) in [4.78, 5) is 67.3. The van der Waals surface area contributed by atoms with E-state index in [9.17, 15) is 34.2 Å². The van der Waals surface area contributed by atoms with E-state index >= 15 is 0 Å². The molecule has 8 rings (SSSR count). The average Bonchev–Trinajstić information content (AvgIpc) is 3.49. The second-order valence-corrected chi connectivity index (χ2v) is 14.9. The van der Waals surface area contributed by atoms with Crippen LogP contribution in [0.1, 0.15) is 60.3 Å². The Bertz CT molecular complexity index is 2650. The minimum atomic E-state index is -1.54. The fourth-order valence-corrected chi connectivity index (χ4v) is 8.14. The van der Waals surface area contributed by atoms with E-state index in [1.807, 2.05) is 0 Å². The lowest BCUT2D eigenvalue weighted by atomic mass is 9.76. The van der Waals surface area contributed by atoms with Gasteiger partial charge in [-0.15, -0.1) is 0 Å². The van der Waals surface area contributed by atoms with Gasteiger partial charge in [0.2, 0.25) is 0 Å². The Hall–Kier alpha value is -6.75. The van der Waals surface area contributed by atoms with Crippen LogP contribution >= 0.6 is 11.6 Å². The van der Waals surface area contributed by atoms with E-state index in [2.05, 4.69) is 0 Å². The maximum atomic E-state index is 13.5. The second-order valence-electron chi connectivity index (χ2n) is 14.4. The molecule has 1 saturated heterocycles. The van der Waals surface area contributed by atoms with Crippen molar-refractivity contribution in [2.24, 2.45) is 0 Å². The highest BCUT2D eigenvalue weighted by Gasteiger charge is 2.55. The van der Waals surface area contributed by atoms with E-state index in [-0.39, 0.29) is 40.9 Å². The summed E-state index contributed by atoms with van der Waals surface area (Å²) in [6.45, 7) is 3.70. The van der Waals surface area contributed by atoms with Crippen LogP contribution in [0.4, 0.5) is 0 Å². The number of halogens is 1. The fraction of sp³-hybridized carbons (Fsp3) is 0.273. The van der Waals surface area contributed by atoms with Crippen molar-refractivity contribution in [3.8, 4) is 34.3 Å². The molecule has 0 saturated carbocycles. The number of aromatic hydroxyl groups is 2. The van der Waals surface area contributed by atoms with E-state index < -0.39 is 72.8 Å². The SMILES string of the molecule is CC(=O)OC[C@H]1O[C@@H](OCc2cc(-c3c(O)ccc4c3Oc3cc(O)ccc3C43OC(=O)c4ccccc43)nc3ccc(Cl)cc23)[C@H](OC(C)=O)[C@@H](OC(C)=O)[C@@H]1OC(C)=O. The van der Waals surface area contributed by atoms with Crippen LogP contribution in [0.3, 0.4) is 0 Å². The van der Waals surface area contributed by atoms with Crippen LogP contribution in [0, 0.1) is 0 Å². The molecule has 1 unspecified atom stereocenters. The summed E-state index contributed by atoms with van der Waals surface area (Å²) in [7, 11) is 0. The van der Waals surface area contributed by atoms with E-state index in [1.54, 1.807) is 60.7 Å². The van der Waals surface area contributed by atoms with Crippen molar-refractivity contribution in [3.05, 3.63) is 112 Å². The molecule has 0 radical (unpaired) electrons. The molecule has 2 N–H and O–H groups in total. The Balaban J connectivity index is 1.25. The van der Waals surface area contributed by atoms with Gasteiger partial charge in [0.15, 0.2) is 30.2 Å². The molecule has 314 valence electrons. The van der Waals surface area contributed by atoms with E-state index in [1.165, 1.54) is 18.2 Å². The molecule has 0 aliphatic carbocycles. The number of esters is 5. The number of ether oxygens (including phenoxy) is 8. The normalized spacial score (nSPS) is 22.2. The van der Waals surface area contributed by atoms with Gasteiger partial charge in [-0.2, -0.15) is 0 Å². The number of hydrogen-bond acceptors (Lipinski definition) is 16. The first kappa shape index (κ1) is 41.0. The summed E-state index contributed by atoms with van der Waals surface area (Å²) in [6, 6.07) is 20.9. The average molecular weight is 854 g/mol. The van der Waals surface area contributed by atoms with Crippen LogP contribution in [-0.4, -0.2) is 82.4 Å². The van der Waals surface area contributed by atoms with Gasteiger partial charge in [-0.3, -0.25) is 19.2 Å². The number of phenolic OH excluding ortho intramolecular Hbond substituents is 2. The monoisotopic (exact) mass is 853 g/mol. The molecule has 0 bridgehead atoms. The Morgan fingerprint density at radius 3 is 2.23 bits per heavy atom. The van der Waals surface area contributed by atoms with Crippen molar-refractivity contribution in [3.63, 3.8) is 0 Å². The third-order valence-corrected chi connectivity index (χ3v) is 10.5. The minimum Gasteiger partial charge on any atom is -0.508 e. The number of nitrogens with zero attached hydrogens (tertiary/aromatic N) is 1. The van der Waals surface area contributed by atoms with Crippen molar-refractivity contribution in [2.75, 3.05) is 6.61 Å². The zero-order valence-electron chi connectivity index (χ0n) is 32.8. The van der Waals surface area contributed by atoms with E-state index in [0.717, 1.165) is 27.7 Å². The molecule has 3 aliphatic rings. The molecule has 1 spiro atoms. The largest absolute Gasteiger partial charge is 0.508 e. The topological polar surface area (TPSA) is 213 Å². The first-order chi connectivity index (χ1) is 29.1. The summed E-state index contributed by atoms with van der Waals surface area (Å²) >= 11 is 6.48. The highest BCUT2D eigenvalue weighted by Crippen LogP contribution is 2.59. The number of fused-ring (bicyclic) bond motifs is 7. The molecule has 1 fully saturated rings. The van der Waals surface area contributed by atoms with E-state index in [0.29, 0.717) is 43.7 Å². The molecule has 5 aromatic rings. The molecule has 0 amide bonds. The lowest BCUT2D eigenvalue weighted by molar-refractivity contribution is -0.310. The summed E-state index contributed by atoms with van der Waals surface area (Å²) < 4.78 is 47.1. The van der Waals surface area contributed by atoms with Gasteiger partial charge < -0.3 is 48.1 Å². The molecule has 4 aromatic carbocycles. The molecule has 3 aliphatic heterocycles. The van der Waals surface area contributed by atoms with Crippen LogP contribution in [0.5, 0.6) is 23.0 Å². The van der Waals surface area contributed by atoms with Crippen LogP contribution in [-0.2, 0) is 64.5 Å². The zero-order chi connectivity index (χ0) is 43.3. The molecule has 16 nitrogen and oxygen atoms in total. The number of hydrogen-bond donors (Lipinski definition) is 2. The number of benzene rings is 4. The smallest absolute Gasteiger partial charge is 0.340 e. The van der Waals surface area contributed by atoms with Crippen molar-refractivity contribution < 1.29 is 72.1 Å². The highest BCUT2D eigenvalue weighted by molar-refractivity contribution is 6.31.